The van der Waals surface area contributed by atoms with Crippen molar-refractivity contribution in [3.05, 3.63) is 0 Å². The topological polar surface area (TPSA) is 18.5 Å². The van der Waals surface area contributed by atoms with Gasteiger partial charge in [0.1, 0.15) is 0 Å². The fraction of sp³-hybridized carbons (Fsp3) is 1.00. The van der Waals surface area contributed by atoms with Crippen LogP contribution in [0.15, 0.2) is 0 Å². The molecule has 0 atom stereocenters. The van der Waals surface area contributed by atoms with Gasteiger partial charge in [0, 0.05) is 26.2 Å². The van der Waals surface area contributed by atoms with Gasteiger partial charge in [-0.1, -0.05) is 6.92 Å². The van der Waals surface area contributed by atoms with Crippen molar-refractivity contribution in [1.29, 1.82) is 0 Å². The minimum Gasteiger partial charge on any atom is -0.317 e. The summed E-state index contributed by atoms with van der Waals surface area (Å²) < 4.78 is 0. The van der Waals surface area contributed by atoms with Crippen LogP contribution in [0.2, 0.25) is 0 Å². The average Bonchev–Trinajstić information content (AvgIpc) is 2.21. The van der Waals surface area contributed by atoms with Crippen LogP contribution in [0.4, 0.5) is 0 Å². The van der Waals surface area contributed by atoms with E-state index in [0.29, 0.717) is 0 Å². The maximum Gasteiger partial charge on any atom is 0.0110 e. The highest BCUT2D eigenvalue weighted by Crippen LogP contribution is 1.99. The fourth-order valence-electron chi connectivity index (χ4n) is 1.80. The van der Waals surface area contributed by atoms with Crippen molar-refractivity contribution in [2.24, 2.45) is 0 Å². The van der Waals surface area contributed by atoms with E-state index in [9.17, 15) is 0 Å². The van der Waals surface area contributed by atoms with Crippen LogP contribution in [0.1, 0.15) is 19.8 Å². The molecule has 1 aliphatic heterocycles. The van der Waals surface area contributed by atoms with Crippen molar-refractivity contribution < 1.29 is 0 Å². The summed E-state index contributed by atoms with van der Waals surface area (Å²) >= 11 is 0. The van der Waals surface area contributed by atoms with Crippen LogP contribution >= 0.6 is 0 Å². The molecule has 1 fully saturated rings. The van der Waals surface area contributed by atoms with Gasteiger partial charge in [-0.3, -0.25) is 0 Å². The molecule has 0 aromatic rings. The lowest BCUT2D eigenvalue weighted by Gasteiger charge is -2.32. The first-order valence-corrected chi connectivity index (χ1v) is 5.94. The third-order valence-electron chi connectivity index (χ3n) is 2.85. The molecule has 0 saturated carbocycles. The summed E-state index contributed by atoms with van der Waals surface area (Å²) in [5.41, 5.74) is 0. The lowest BCUT2D eigenvalue weighted by atomic mass is 10.3. The Morgan fingerprint density at radius 1 is 1.07 bits per heavy atom. The number of hydrogen-bond donors (Lipinski definition) is 1. The van der Waals surface area contributed by atoms with E-state index in [1.54, 1.807) is 0 Å². The summed E-state index contributed by atoms with van der Waals surface area (Å²) in [5.74, 6) is 0. The molecule has 0 aromatic heterocycles. The van der Waals surface area contributed by atoms with Gasteiger partial charge in [0.05, 0.1) is 0 Å². The molecule has 1 saturated heterocycles. The summed E-state index contributed by atoms with van der Waals surface area (Å²) in [5, 5.41) is 3.45. The summed E-state index contributed by atoms with van der Waals surface area (Å²) in [6.07, 6.45) is 2.54. The van der Waals surface area contributed by atoms with Crippen molar-refractivity contribution in [3.63, 3.8) is 0 Å². The van der Waals surface area contributed by atoms with E-state index in [1.807, 2.05) is 0 Å². The monoisotopic (exact) mass is 199 g/mol. The van der Waals surface area contributed by atoms with E-state index in [1.165, 1.54) is 58.7 Å². The molecule has 0 amide bonds. The molecule has 0 bridgehead atoms. The molecule has 0 aliphatic carbocycles. The lowest BCUT2D eigenvalue weighted by molar-refractivity contribution is 0.153. The van der Waals surface area contributed by atoms with Crippen molar-refractivity contribution in [2.45, 2.75) is 19.8 Å². The minimum atomic E-state index is 1.17. The predicted octanol–water partition coefficient (Wildman–Crippen LogP) is 0.624. The van der Waals surface area contributed by atoms with Gasteiger partial charge in [-0.25, -0.2) is 0 Å². The second-order valence-corrected chi connectivity index (χ2v) is 4.25. The van der Waals surface area contributed by atoms with Crippen LogP contribution in [0.5, 0.6) is 0 Å². The normalized spacial score (nSPS) is 20.1. The molecule has 0 unspecified atom stereocenters. The van der Waals surface area contributed by atoms with E-state index < -0.39 is 0 Å². The van der Waals surface area contributed by atoms with E-state index in [0.717, 1.165) is 0 Å². The summed E-state index contributed by atoms with van der Waals surface area (Å²) in [6, 6.07) is 0. The molecule has 1 heterocycles. The van der Waals surface area contributed by atoms with Crippen molar-refractivity contribution in [2.75, 3.05) is 52.9 Å². The first-order valence-electron chi connectivity index (χ1n) is 5.94. The van der Waals surface area contributed by atoms with Crippen LogP contribution in [0, 0.1) is 0 Å². The van der Waals surface area contributed by atoms with Crippen LogP contribution in [-0.2, 0) is 0 Å². The van der Waals surface area contributed by atoms with Crippen LogP contribution in [0.3, 0.4) is 0 Å². The van der Waals surface area contributed by atoms with Gasteiger partial charge in [0.2, 0.25) is 0 Å². The van der Waals surface area contributed by atoms with Crippen molar-refractivity contribution >= 4 is 0 Å². The second kappa shape index (κ2) is 7.21. The second-order valence-electron chi connectivity index (χ2n) is 4.25. The smallest absolute Gasteiger partial charge is 0.0110 e. The van der Waals surface area contributed by atoms with Gasteiger partial charge in [-0.2, -0.15) is 0 Å². The highest BCUT2D eigenvalue weighted by Gasteiger charge is 2.12. The van der Waals surface area contributed by atoms with Gasteiger partial charge in [-0.05, 0) is 39.5 Å². The van der Waals surface area contributed by atoms with Gasteiger partial charge >= 0.3 is 0 Å². The first kappa shape index (κ1) is 12.0. The zero-order valence-electron chi connectivity index (χ0n) is 9.76. The van der Waals surface area contributed by atoms with E-state index >= 15 is 0 Å². The fourth-order valence-corrected chi connectivity index (χ4v) is 1.80. The van der Waals surface area contributed by atoms with E-state index in [-0.39, 0.29) is 0 Å². The Morgan fingerprint density at radius 3 is 2.43 bits per heavy atom. The molecule has 0 spiro atoms. The molecule has 14 heavy (non-hydrogen) atoms. The molecule has 0 radical (unpaired) electrons. The average molecular weight is 199 g/mol. The number of nitrogens with zero attached hydrogens (tertiary/aromatic N) is 2. The number of hydrogen-bond acceptors (Lipinski definition) is 3. The minimum absolute atomic E-state index is 1.17. The molecular formula is C11H25N3. The van der Waals surface area contributed by atoms with Gasteiger partial charge < -0.3 is 15.1 Å². The highest BCUT2D eigenvalue weighted by molar-refractivity contribution is 4.69. The van der Waals surface area contributed by atoms with Crippen LogP contribution < -0.4 is 5.32 Å². The van der Waals surface area contributed by atoms with E-state index in [4.69, 9.17) is 0 Å². The maximum atomic E-state index is 3.45. The van der Waals surface area contributed by atoms with Crippen LogP contribution in [-0.4, -0.2) is 62.7 Å². The quantitative estimate of drug-likeness (QED) is 0.633. The number of nitrogens with one attached hydrogen (secondary N) is 1. The molecule has 84 valence electrons. The third kappa shape index (κ3) is 4.94. The largest absolute Gasteiger partial charge is 0.317 e. The maximum absolute atomic E-state index is 3.45. The summed E-state index contributed by atoms with van der Waals surface area (Å²) in [4.78, 5) is 4.99. The number of piperazine rings is 1. The van der Waals surface area contributed by atoms with Crippen molar-refractivity contribution in [1.82, 2.24) is 15.1 Å². The SMILES string of the molecule is CCCNCCCN1CCN(C)CC1. The molecule has 3 nitrogen and oxygen atoms in total. The number of likely N-dealkylation sites (N-methyl/N-ethyl adjacent to an activating group) is 1. The van der Waals surface area contributed by atoms with Crippen LogP contribution in [0.25, 0.3) is 0 Å². The molecule has 1 rings (SSSR count). The lowest BCUT2D eigenvalue weighted by Crippen LogP contribution is -2.45. The molecule has 3 heteroatoms. The van der Waals surface area contributed by atoms with Gasteiger partial charge in [-0.15, -0.1) is 0 Å². The Morgan fingerprint density at radius 2 is 1.79 bits per heavy atom. The number of rotatable bonds is 6. The van der Waals surface area contributed by atoms with E-state index in [2.05, 4.69) is 29.1 Å². The molecule has 1 N–H and O–H groups in total. The van der Waals surface area contributed by atoms with Crippen molar-refractivity contribution in [3.8, 4) is 0 Å². The van der Waals surface area contributed by atoms with Gasteiger partial charge in [0.25, 0.3) is 0 Å². The summed E-state index contributed by atoms with van der Waals surface area (Å²) in [7, 11) is 2.21. The molecule has 0 aromatic carbocycles. The Bertz CT molecular complexity index is 130. The third-order valence-corrected chi connectivity index (χ3v) is 2.85. The molecular weight excluding hydrogens is 174 g/mol. The highest BCUT2D eigenvalue weighted by atomic mass is 15.2. The Balaban J connectivity index is 1.91. The zero-order chi connectivity index (χ0) is 10.2. The summed E-state index contributed by atoms with van der Waals surface area (Å²) in [6.45, 7) is 10.8. The molecule has 1 aliphatic rings. The Hall–Kier alpha value is -0.120. The Kier molecular flexibility index (Phi) is 6.15. The van der Waals surface area contributed by atoms with Gasteiger partial charge in [0.15, 0.2) is 0 Å². The zero-order valence-corrected chi connectivity index (χ0v) is 9.76. The predicted molar refractivity (Wildman–Crippen MR) is 61.7 cm³/mol. The standard InChI is InChI=1S/C11H25N3/c1-3-5-12-6-4-7-14-10-8-13(2)9-11-14/h12H,3-11H2,1-2H3. The Labute approximate surface area is 88.5 Å². The first-order chi connectivity index (χ1) is 6.83.